The molecule has 0 aromatic rings. The first-order chi connectivity index (χ1) is 7.16. The molecule has 15 heavy (non-hydrogen) atoms. The Labute approximate surface area is 94.4 Å². The minimum absolute atomic E-state index is 0.729. The first kappa shape index (κ1) is 11.4. The first-order valence-electron chi connectivity index (χ1n) is 6.67. The van der Waals surface area contributed by atoms with E-state index in [4.69, 9.17) is 0 Å². The van der Waals surface area contributed by atoms with Crippen LogP contribution in [0.1, 0.15) is 46.5 Å². The van der Waals surface area contributed by atoms with E-state index in [1.165, 1.54) is 38.8 Å². The summed E-state index contributed by atoms with van der Waals surface area (Å²) in [6.07, 6.45) is 5.60. The van der Waals surface area contributed by atoms with E-state index in [9.17, 15) is 0 Å². The lowest BCUT2D eigenvalue weighted by molar-refractivity contribution is 0.156. The Kier molecular flexibility index (Phi) is 3.68. The van der Waals surface area contributed by atoms with Crippen molar-refractivity contribution in [2.75, 3.05) is 13.1 Å². The maximum absolute atomic E-state index is 3.81. The second kappa shape index (κ2) is 4.84. The SMILES string of the molecule is CC(NC1CCN(C(C)C)CC1)C1CC1. The molecule has 2 heteroatoms. The van der Waals surface area contributed by atoms with Crippen molar-refractivity contribution in [1.82, 2.24) is 10.2 Å². The maximum Gasteiger partial charge on any atom is 0.00940 e. The van der Waals surface area contributed by atoms with Crippen LogP contribution in [0.15, 0.2) is 0 Å². The van der Waals surface area contributed by atoms with E-state index in [1.807, 2.05) is 0 Å². The molecule has 2 nitrogen and oxygen atoms in total. The topological polar surface area (TPSA) is 15.3 Å². The van der Waals surface area contributed by atoms with Crippen LogP contribution in [-0.2, 0) is 0 Å². The van der Waals surface area contributed by atoms with Crippen molar-refractivity contribution < 1.29 is 0 Å². The zero-order valence-corrected chi connectivity index (χ0v) is 10.5. The van der Waals surface area contributed by atoms with E-state index < -0.39 is 0 Å². The van der Waals surface area contributed by atoms with Crippen LogP contribution in [0.25, 0.3) is 0 Å². The normalized spacial score (nSPS) is 27.2. The second-order valence-electron chi connectivity index (χ2n) is 5.70. The molecular weight excluding hydrogens is 184 g/mol. The Morgan fingerprint density at radius 2 is 1.60 bits per heavy atom. The third-order valence-electron chi connectivity index (χ3n) is 4.09. The lowest BCUT2D eigenvalue weighted by Crippen LogP contribution is -2.47. The summed E-state index contributed by atoms with van der Waals surface area (Å²) < 4.78 is 0. The van der Waals surface area contributed by atoms with E-state index in [1.54, 1.807) is 0 Å². The molecule has 1 heterocycles. The van der Waals surface area contributed by atoms with E-state index in [0.29, 0.717) is 0 Å². The molecule has 2 fully saturated rings. The molecule has 1 atom stereocenters. The van der Waals surface area contributed by atoms with Crippen molar-refractivity contribution in [1.29, 1.82) is 0 Å². The summed E-state index contributed by atoms with van der Waals surface area (Å²) in [6, 6.07) is 2.28. The first-order valence-corrected chi connectivity index (χ1v) is 6.67. The van der Waals surface area contributed by atoms with Crippen molar-refractivity contribution in [2.45, 2.75) is 64.6 Å². The number of likely N-dealkylation sites (tertiary alicyclic amines) is 1. The summed E-state index contributed by atoms with van der Waals surface area (Å²) in [7, 11) is 0. The summed E-state index contributed by atoms with van der Waals surface area (Å²) in [5, 5.41) is 3.81. The molecule has 0 aromatic heterocycles. The minimum Gasteiger partial charge on any atom is -0.311 e. The van der Waals surface area contributed by atoms with Gasteiger partial charge in [0.25, 0.3) is 0 Å². The lowest BCUT2D eigenvalue weighted by atomic mass is 10.0. The molecule has 1 unspecified atom stereocenters. The Morgan fingerprint density at radius 1 is 1.00 bits per heavy atom. The highest BCUT2D eigenvalue weighted by molar-refractivity contribution is 4.87. The molecule has 0 radical (unpaired) electrons. The standard InChI is InChI=1S/C13H26N2/c1-10(2)15-8-6-13(7-9-15)14-11(3)12-4-5-12/h10-14H,4-9H2,1-3H3. The van der Waals surface area contributed by atoms with Crippen molar-refractivity contribution in [3.63, 3.8) is 0 Å². The lowest BCUT2D eigenvalue weighted by Gasteiger charge is -2.36. The fourth-order valence-electron chi connectivity index (χ4n) is 2.69. The van der Waals surface area contributed by atoms with Gasteiger partial charge in [-0.15, -0.1) is 0 Å². The highest BCUT2D eigenvalue weighted by Gasteiger charge is 2.30. The van der Waals surface area contributed by atoms with E-state index in [-0.39, 0.29) is 0 Å². The van der Waals surface area contributed by atoms with Crippen LogP contribution in [-0.4, -0.2) is 36.1 Å². The second-order valence-corrected chi connectivity index (χ2v) is 5.70. The number of nitrogens with one attached hydrogen (secondary N) is 1. The molecule has 88 valence electrons. The molecule has 0 amide bonds. The van der Waals surface area contributed by atoms with Gasteiger partial charge in [0, 0.05) is 18.1 Å². The quantitative estimate of drug-likeness (QED) is 0.765. The Morgan fingerprint density at radius 3 is 2.07 bits per heavy atom. The Bertz CT molecular complexity index is 191. The Balaban J connectivity index is 1.68. The number of nitrogens with zero attached hydrogens (tertiary/aromatic N) is 1. The molecule has 2 rings (SSSR count). The van der Waals surface area contributed by atoms with Gasteiger partial charge in [0.05, 0.1) is 0 Å². The largest absolute Gasteiger partial charge is 0.311 e. The third kappa shape index (κ3) is 3.18. The molecule has 1 saturated heterocycles. The molecule has 0 aromatic carbocycles. The van der Waals surface area contributed by atoms with Gasteiger partial charge in [-0.3, -0.25) is 0 Å². The molecule has 1 saturated carbocycles. The van der Waals surface area contributed by atoms with Gasteiger partial charge in [-0.25, -0.2) is 0 Å². The van der Waals surface area contributed by atoms with Crippen LogP contribution >= 0.6 is 0 Å². The van der Waals surface area contributed by atoms with Gasteiger partial charge in [0.15, 0.2) is 0 Å². The third-order valence-corrected chi connectivity index (χ3v) is 4.09. The molecular formula is C13H26N2. The van der Waals surface area contributed by atoms with Crippen molar-refractivity contribution >= 4 is 0 Å². The maximum atomic E-state index is 3.81. The monoisotopic (exact) mass is 210 g/mol. The predicted molar refractivity (Wildman–Crippen MR) is 65.1 cm³/mol. The molecule has 1 N–H and O–H groups in total. The number of rotatable bonds is 4. The molecule has 1 aliphatic heterocycles. The highest BCUT2D eigenvalue weighted by atomic mass is 15.2. The summed E-state index contributed by atoms with van der Waals surface area (Å²) in [4.78, 5) is 2.60. The van der Waals surface area contributed by atoms with E-state index >= 15 is 0 Å². The zero-order valence-electron chi connectivity index (χ0n) is 10.5. The van der Waals surface area contributed by atoms with Crippen LogP contribution in [0.3, 0.4) is 0 Å². The zero-order chi connectivity index (χ0) is 10.8. The van der Waals surface area contributed by atoms with Crippen molar-refractivity contribution in [2.24, 2.45) is 5.92 Å². The van der Waals surface area contributed by atoms with Crippen molar-refractivity contribution in [3.8, 4) is 0 Å². The molecule has 0 bridgehead atoms. The van der Waals surface area contributed by atoms with Gasteiger partial charge in [-0.05, 0) is 65.5 Å². The van der Waals surface area contributed by atoms with Crippen LogP contribution < -0.4 is 5.32 Å². The summed E-state index contributed by atoms with van der Waals surface area (Å²) in [5.41, 5.74) is 0. The molecule has 1 aliphatic carbocycles. The summed E-state index contributed by atoms with van der Waals surface area (Å²) >= 11 is 0. The molecule has 2 aliphatic rings. The number of hydrogen-bond donors (Lipinski definition) is 1. The fourth-order valence-corrected chi connectivity index (χ4v) is 2.69. The Hall–Kier alpha value is -0.0800. The van der Waals surface area contributed by atoms with Gasteiger partial charge in [-0.2, -0.15) is 0 Å². The minimum atomic E-state index is 0.729. The predicted octanol–water partition coefficient (Wildman–Crippen LogP) is 2.25. The highest BCUT2D eigenvalue weighted by Crippen LogP contribution is 2.32. The smallest absolute Gasteiger partial charge is 0.00940 e. The number of piperidine rings is 1. The summed E-state index contributed by atoms with van der Waals surface area (Å²) in [6.45, 7) is 9.55. The number of hydrogen-bond acceptors (Lipinski definition) is 2. The average Bonchev–Trinajstić information content (AvgIpc) is 3.01. The molecule has 0 spiro atoms. The summed E-state index contributed by atoms with van der Waals surface area (Å²) in [5.74, 6) is 0.994. The van der Waals surface area contributed by atoms with E-state index in [2.05, 4.69) is 31.0 Å². The van der Waals surface area contributed by atoms with Gasteiger partial charge in [-0.1, -0.05) is 0 Å². The average molecular weight is 210 g/mol. The van der Waals surface area contributed by atoms with Crippen molar-refractivity contribution in [3.05, 3.63) is 0 Å². The van der Waals surface area contributed by atoms with Gasteiger partial charge >= 0.3 is 0 Å². The fraction of sp³-hybridized carbons (Fsp3) is 1.00. The van der Waals surface area contributed by atoms with Crippen LogP contribution in [0.5, 0.6) is 0 Å². The van der Waals surface area contributed by atoms with Crippen LogP contribution in [0.4, 0.5) is 0 Å². The van der Waals surface area contributed by atoms with Crippen LogP contribution in [0.2, 0.25) is 0 Å². The van der Waals surface area contributed by atoms with E-state index in [0.717, 1.165) is 24.0 Å². The van der Waals surface area contributed by atoms with Gasteiger partial charge < -0.3 is 10.2 Å². The van der Waals surface area contributed by atoms with Gasteiger partial charge in [0.1, 0.15) is 0 Å². The van der Waals surface area contributed by atoms with Crippen LogP contribution in [0, 0.1) is 5.92 Å². The van der Waals surface area contributed by atoms with Gasteiger partial charge in [0.2, 0.25) is 0 Å².